The first-order valence-corrected chi connectivity index (χ1v) is 11.7. The fourth-order valence-corrected chi connectivity index (χ4v) is 4.69. The molecule has 3 aromatic rings. The van der Waals surface area contributed by atoms with Crippen LogP contribution in [0.5, 0.6) is 0 Å². The van der Waals surface area contributed by atoms with Crippen LogP contribution >= 0.6 is 0 Å². The number of nitrogens with zero attached hydrogens (tertiary/aromatic N) is 4. The van der Waals surface area contributed by atoms with Gasteiger partial charge in [-0.25, -0.2) is 18.8 Å². The van der Waals surface area contributed by atoms with Crippen LogP contribution in [0.1, 0.15) is 61.0 Å². The third-order valence-electron chi connectivity index (χ3n) is 6.53. The van der Waals surface area contributed by atoms with Crippen LogP contribution in [0.15, 0.2) is 83.0 Å². The Morgan fingerprint density at radius 1 is 0.639 bits per heavy atom. The molecule has 0 saturated carbocycles. The summed E-state index contributed by atoms with van der Waals surface area (Å²) in [6.07, 6.45) is 1.01. The van der Waals surface area contributed by atoms with Gasteiger partial charge < -0.3 is 0 Å². The molecule has 2 atom stereocenters. The van der Waals surface area contributed by atoms with Gasteiger partial charge >= 0.3 is 0 Å². The van der Waals surface area contributed by atoms with E-state index in [0.29, 0.717) is 12.8 Å². The molecule has 2 unspecified atom stereocenters. The van der Waals surface area contributed by atoms with Crippen molar-refractivity contribution in [3.8, 4) is 0 Å². The van der Waals surface area contributed by atoms with Crippen LogP contribution in [0.4, 0.5) is 8.78 Å². The van der Waals surface area contributed by atoms with Gasteiger partial charge in [0, 0.05) is 26.7 Å². The van der Waals surface area contributed by atoms with E-state index in [1.54, 1.807) is 24.3 Å². The van der Waals surface area contributed by atoms with Gasteiger partial charge in [-0.3, -0.25) is 9.59 Å². The number of hydrazone groups is 2. The van der Waals surface area contributed by atoms with Gasteiger partial charge in [-0.15, -0.1) is 0 Å². The summed E-state index contributed by atoms with van der Waals surface area (Å²) in [7, 11) is 0. The highest BCUT2D eigenvalue weighted by Gasteiger charge is 2.34. The highest BCUT2D eigenvalue weighted by Crippen LogP contribution is 2.36. The van der Waals surface area contributed by atoms with E-state index in [1.165, 1.54) is 48.1 Å². The number of carbonyl (C=O) groups excluding carboxylic acids is 2. The zero-order chi connectivity index (χ0) is 25.4. The van der Waals surface area contributed by atoms with E-state index in [9.17, 15) is 18.4 Å². The quantitative estimate of drug-likeness (QED) is 0.498. The number of rotatable bonds is 4. The molecule has 3 aromatic carbocycles. The summed E-state index contributed by atoms with van der Waals surface area (Å²) in [5.41, 5.74) is 4.79. The molecule has 0 bridgehead atoms. The van der Waals surface area contributed by atoms with Gasteiger partial charge in [0.25, 0.3) is 0 Å². The highest BCUT2D eigenvalue weighted by molar-refractivity contribution is 6.03. The van der Waals surface area contributed by atoms with Gasteiger partial charge in [0.15, 0.2) is 0 Å². The van der Waals surface area contributed by atoms with Gasteiger partial charge in [0.2, 0.25) is 11.8 Å². The number of amides is 2. The van der Waals surface area contributed by atoms with E-state index in [-0.39, 0.29) is 35.5 Å². The Hall–Kier alpha value is -4.20. The molecule has 0 spiro atoms. The van der Waals surface area contributed by atoms with Gasteiger partial charge in [-0.2, -0.15) is 10.2 Å². The zero-order valence-electron chi connectivity index (χ0n) is 19.9. The molecule has 5 rings (SSSR count). The Balaban J connectivity index is 1.37. The lowest BCUT2D eigenvalue weighted by Gasteiger charge is -2.23. The summed E-state index contributed by atoms with van der Waals surface area (Å²) in [5, 5.41) is 11.9. The Kier molecular flexibility index (Phi) is 6.18. The summed E-state index contributed by atoms with van der Waals surface area (Å²) >= 11 is 0. The Labute approximate surface area is 207 Å². The largest absolute Gasteiger partial charge is 0.273 e. The predicted molar refractivity (Wildman–Crippen MR) is 132 cm³/mol. The van der Waals surface area contributed by atoms with Crippen LogP contribution in [-0.4, -0.2) is 33.3 Å². The smallest absolute Gasteiger partial charge is 0.240 e. The number of carbonyl (C=O) groups is 2. The molecule has 0 aromatic heterocycles. The summed E-state index contributed by atoms with van der Waals surface area (Å²) in [5.74, 6) is -1.02. The van der Waals surface area contributed by atoms with Crippen molar-refractivity contribution >= 4 is 23.2 Å². The summed E-state index contributed by atoms with van der Waals surface area (Å²) in [4.78, 5) is 24.6. The molecule has 2 aliphatic rings. The van der Waals surface area contributed by atoms with Crippen LogP contribution in [0.2, 0.25) is 0 Å². The lowest BCUT2D eigenvalue weighted by atomic mass is 9.94. The Bertz CT molecular complexity index is 1260. The van der Waals surface area contributed by atoms with Gasteiger partial charge in [-0.1, -0.05) is 48.5 Å². The van der Waals surface area contributed by atoms with Crippen LogP contribution in [0, 0.1) is 11.6 Å². The maximum atomic E-state index is 13.3. The molecule has 2 amide bonds. The maximum absolute atomic E-state index is 13.3. The molecule has 36 heavy (non-hydrogen) atoms. The van der Waals surface area contributed by atoms with Crippen LogP contribution < -0.4 is 0 Å². The average molecular weight is 487 g/mol. The first-order valence-electron chi connectivity index (χ1n) is 11.7. The molecule has 0 aliphatic carbocycles. The monoisotopic (exact) mass is 486 g/mol. The van der Waals surface area contributed by atoms with E-state index in [1.807, 2.05) is 24.3 Å². The molecule has 0 saturated heterocycles. The number of hydrogen-bond acceptors (Lipinski definition) is 4. The van der Waals surface area contributed by atoms with Crippen molar-refractivity contribution < 1.29 is 18.4 Å². The zero-order valence-corrected chi connectivity index (χ0v) is 19.9. The molecular formula is C28H24F2N4O2. The van der Waals surface area contributed by atoms with Crippen LogP contribution in [0.25, 0.3) is 0 Å². The first-order chi connectivity index (χ1) is 17.3. The van der Waals surface area contributed by atoms with E-state index in [0.717, 1.165) is 33.7 Å². The Morgan fingerprint density at radius 2 is 0.972 bits per heavy atom. The second-order valence-corrected chi connectivity index (χ2v) is 8.94. The van der Waals surface area contributed by atoms with E-state index < -0.39 is 0 Å². The number of benzene rings is 3. The molecule has 8 heteroatoms. The topological polar surface area (TPSA) is 65.3 Å². The fourth-order valence-electron chi connectivity index (χ4n) is 4.69. The van der Waals surface area contributed by atoms with Gasteiger partial charge in [0.05, 0.1) is 23.5 Å². The molecule has 0 fully saturated rings. The fraction of sp³-hybridized carbons (Fsp3) is 0.214. The number of halogens is 2. The van der Waals surface area contributed by atoms with Crippen molar-refractivity contribution in [3.05, 3.63) is 107 Å². The molecule has 2 heterocycles. The van der Waals surface area contributed by atoms with Crippen molar-refractivity contribution in [2.45, 2.75) is 38.8 Å². The van der Waals surface area contributed by atoms with Crippen molar-refractivity contribution in [1.82, 2.24) is 10.0 Å². The third kappa shape index (κ3) is 4.54. The summed E-state index contributed by atoms with van der Waals surface area (Å²) in [6, 6.07) is 19.3. The standard InChI is InChI=1S/C28H24F2N4O2/c1-17(35)33-27(15-25(31-33)19-7-11-23(29)12-8-19)21-3-5-22(6-4-21)28-16-26(32-34(28)18(2)36)20-9-13-24(30)14-10-20/h3-14,27-28H,15-16H2,1-2H3. The van der Waals surface area contributed by atoms with Crippen molar-refractivity contribution in [3.63, 3.8) is 0 Å². The third-order valence-corrected chi connectivity index (χ3v) is 6.53. The summed E-state index contributed by atoms with van der Waals surface area (Å²) < 4.78 is 26.7. The van der Waals surface area contributed by atoms with Crippen LogP contribution in [0.3, 0.4) is 0 Å². The molecule has 0 radical (unpaired) electrons. The predicted octanol–water partition coefficient (Wildman–Crippen LogP) is 5.36. The molecule has 2 aliphatic heterocycles. The minimum atomic E-state index is -0.328. The average Bonchev–Trinajstić information content (AvgIpc) is 3.51. The van der Waals surface area contributed by atoms with E-state index in [4.69, 9.17) is 0 Å². The van der Waals surface area contributed by atoms with Crippen molar-refractivity contribution in [2.75, 3.05) is 0 Å². The molecule has 182 valence electrons. The van der Waals surface area contributed by atoms with E-state index >= 15 is 0 Å². The highest BCUT2D eigenvalue weighted by atomic mass is 19.1. The van der Waals surface area contributed by atoms with Crippen molar-refractivity contribution in [2.24, 2.45) is 10.2 Å². The lowest BCUT2D eigenvalue weighted by molar-refractivity contribution is -0.131. The van der Waals surface area contributed by atoms with Crippen molar-refractivity contribution in [1.29, 1.82) is 0 Å². The van der Waals surface area contributed by atoms with Crippen LogP contribution in [-0.2, 0) is 9.59 Å². The lowest BCUT2D eigenvalue weighted by Crippen LogP contribution is -2.25. The second-order valence-electron chi connectivity index (χ2n) is 8.94. The minimum Gasteiger partial charge on any atom is -0.273 e. The SMILES string of the molecule is CC(=O)N1N=C(c2ccc(F)cc2)CC1c1ccc(C2CC(c3ccc(F)cc3)=NN2C(C)=O)cc1. The first kappa shape index (κ1) is 23.5. The van der Waals surface area contributed by atoms with Gasteiger partial charge in [0.1, 0.15) is 11.6 Å². The normalized spacial score (nSPS) is 19.3. The number of hydrogen-bond donors (Lipinski definition) is 0. The van der Waals surface area contributed by atoms with E-state index in [2.05, 4.69) is 10.2 Å². The van der Waals surface area contributed by atoms with Gasteiger partial charge in [-0.05, 0) is 46.5 Å². The maximum Gasteiger partial charge on any atom is 0.240 e. The Morgan fingerprint density at radius 3 is 1.28 bits per heavy atom. The minimum absolute atomic E-state index is 0.183. The summed E-state index contributed by atoms with van der Waals surface area (Å²) in [6.45, 7) is 2.94. The molecule has 0 N–H and O–H groups in total. The second kappa shape index (κ2) is 9.45. The molecule has 6 nitrogen and oxygen atoms in total. The molecular weight excluding hydrogens is 462 g/mol.